The molecule has 2 N–H and O–H groups in total. The molecule has 8 heteroatoms. The summed E-state index contributed by atoms with van der Waals surface area (Å²) in [5.74, 6) is 1.71. The van der Waals surface area contributed by atoms with E-state index in [-0.39, 0.29) is 23.0 Å². The summed E-state index contributed by atoms with van der Waals surface area (Å²) in [7, 11) is 0. The first-order chi connectivity index (χ1) is 10.9. The van der Waals surface area contributed by atoms with E-state index in [0.29, 0.717) is 30.4 Å². The molecule has 1 fully saturated rings. The highest BCUT2D eigenvalue weighted by Crippen LogP contribution is 2.21. The quantitative estimate of drug-likeness (QED) is 0.840. The van der Waals surface area contributed by atoms with Gasteiger partial charge >= 0.3 is 0 Å². The normalized spacial score (nSPS) is 19.1. The molecule has 0 bridgehead atoms. The van der Waals surface area contributed by atoms with Gasteiger partial charge in [-0.15, -0.1) is 11.8 Å². The Kier molecular flexibility index (Phi) is 6.04. The van der Waals surface area contributed by atoms with E-state index in [1.165, 1.54) is 11.8 Å². The number of nitrogens with zero attached hydrogens (tertiary/aromatic N) is 2. The molecular formula is C15H24N4O3S. The molecule has 128 valence electrons. The number of hydrogen-bond acceptors (Lipinski definition) is 6. The predicted octanol–water partition coefficient (Wildman–Crippen LogP) is 1.39. The molecule has 1 aliphatic rings. The maximum atomic E-state index is 11.9. The minimum absolute atomic E-state index is 0.0890. The van der Waals surface area contributed by atoms with Gasteiger partial charge in [0.15, 0.2) is 5.82 Å². The lowest BCUT2D eigenvalue weighted by atomic mass is 9.97. The summed E-state index contributed by atoms with van der Waals surface area (Å²) in [5.41, 5.74) is -0.180. The van der Waals surface area contributed by atoms with Gasteiger partial charge in [0.25, 0.3) is 0 Å². The van der Waals surface area contributed by atoms with Crippen molar-refractivity contribution in [2.24, 2.45) is 0 Å². The fraction of sp³-hybridized carbons (Fsp3) is 0.733. The lowest BCUT2D eigenvalue weighted by Gasteiger charge is -2.14. The number of rotatable bonds is 5. The van der Waals surface area contributed by atoms with E-state index in [4.69, 9.17) is 4.52 Å². The molecular weight excluding hydrogens is 316 g/mol. The third kappa shape index (κ3) is 5.53. The molecule has 0 saturated carbocycles. The highest BCUT2D eigenvalue weighted by atomic mass is 32.2. The first-order valence-electron chi connectivity index (χ1n) is 7.84. The molecule has 0 aromatic carbocycles. The molecule has 7 nitrogen and oxygen atoms in total. The van der Waals surface area contributed by atoms with Gasteiger partial charge in [-0.3, -0.25) is 9.59 Å². The van der Waals surface area contributed by atoms with Gasteiger partial charge in [-0.25, -0.2) is 0 Å². The smallest absolute Gasteiger partial charge is 0.242 e. The Morgan fingerprint density at radius 3 is 2.91 bits per heavy atom. The molecule has 1 aliphatic heterocycles. The third-order valence-corrected chi connectivity index (χ3v) is 4.37. The zero-order valence-electron chi connectivity index (χ0n) is 13.8. The van der Waals surface area contributed by atoms with Crippen molar-refractivity contribution in [2.75, 3.05) is 12.3 Å². The van der Waals surface area contributed by atoms with Crippen LogP contribution in [0.1, 0.15) is 51.7 Å². The van der Waals surface area contributed by atoms with E-state index in [1.54, 1.807) is 0 Å². The van der Waals surface area contributed by atoms with Crippen LogP contribution in [0.3, 0.4) is 0 Å². The van der Waals surface area contributed by atoms with Gasteiger partial charge in [0.05, 0.1) is 11.5 Å². The van der Waals surface area contributed by atoms with Crippen LogP contribution in [0.2, 0.25) is 0 Å². The first-order valence-corrected chi connectivity index (χ1v) is 8.99. The first kappa shape index (κ1) is 17.8. The van der Waals surface area contributed by atoms with Gasteiger partial charge in [0, 0.05) is 12.0 Å². The van der Waals surface area contributed by atoms with E-state index in [1.807, 2.05) is 20.8 Å². The Hall–Kier alpha value is -1.57. The van der Waals surface area contributed by atoms with Crippen molar-refractivity contribution in [1.82, 2.24) is 20.8 Å². The van der Waals surface area contributed by atoms with Crippen LogP contribution >= 0.6 is 11.8 Å². The molecule has 1 aromatic rings. The molecule has 2 rings (SSSR count). The van der Waals surface area contributed by atoms with Crippen LogP contribution < -0.4 is 10.6 Å². The van der Waals surface area contributed by atoms with Gasteiger partial charge in [-0.1, -0.05) is 25.9 Å². The van der Waals surface area contributed by atoms with Crippen molar-refractivity contribution < 1.29 is 14.1 Å². The van der Waals surface area contributed by atoms with E-state index in [2.05, 4.69) is 20.8 Å². The Morgan fingerprint density at radius 1 is 1.43 bits per heavy atom. The van der Waals surface area contributed by atoms with Crippen LogP contribution in [0.25, 0.3) is 0 Å². The number of carbonyl (C=O) groups is 2. The lowest BCUT2D eigenvalue weighted by molar-refractivity contribution is -0.127. The molecule has 1 atom stereocenters. The van der Waals surface area contributed by atoms with Gasteiger partial charge in [-0.2, -0.15) is 4.98 Å². The van der Waals surface area contributed by atoms with Crippen LogP contribution in [0, 0.1) is 0 Å². The Labute approximate surface area is 140 Å². The largest absolute Gasteiger partial charge is 0.354 e. The maximum absolute atomic E-state index is 11.9. The number of nitrogens with one attached hydrogen (secondary N) is 2. The summed E-state index contributed by atoms with van der Waals surface area (Å²) in [6.45, 7) is 6.70. The van der Waals surface area contributed by atoms with Crippen molar-refractivity contribution in [3.63, 3.8) is 0 Å². The van der Waals surface area contributed by atoms with Crippen molar-refractivity contribution in [3.05, 3.63) is 11.7 Å². The number of aromatic nitrogens is 2. The summed E-state index contributed by atoms with van der Waals surface area (Å²) in [5, 5.41) is 9.51. The molecule has 0 radical (unpaired) electrons. The van der Waals surface area contributed by atoms with Crippen LogP contribution in [-0.2, 0) is 20.8 Å². The fourth-order valence-electron chi connectivity index (χ4n) is 2.17. The van der Waals surface area contributed by atoms with Crippen LogP contribution in [-0.4, -0.2) is 40.3 Å². The van der Waals surface area contributed by atoms with Gasteiger partial charge in [0.2, 0.25) is 17.7 Å². The van der Waals surface area contributed by atoms with Crippen molar-refractivity contribution in [1.29, 1.82) is 0 Å². The van der Waals surface area contributed by atoms with E-state index < -0.39 is 6.04 Å². The topological polar surface area (TPSA) is 97.1 Å². The molecule has 0 aliphatic carbocycles. The number of amides is 2. The molecule has 1 saturated heterocycles. The number of thioether (sulfide) groups is 1. The molecule has 2 amide bonds. The summed E-state index contributed by atoms with van der Waals surface area (Å²) < 4.78 is 5.21. The van der Waals surface area contributed by atoms with Gasteiger partial charge in [-0.05, 0) is 19.3 Å². The molecule has 0 spiro atoms. The number of carbonyl (C=O) groups excluding carboxylic acids is 2. The zero-order valence-corrected chi connectivity index (χ0v) is 14.7. The lowest BCUT2D eigenvalue weighted by Crippen LogP contribution is -2.46. The van der Waals surface area contributed by atoms with E-state index in [9.17, 15) is 9.59 Å². The maximum Gasteiger partial charge on any atom is 0.242 e. The Bertz CT molecular complexity index is 553. The average molecular weight is 340 g/mol. The molecule has 23 heavy (non-hydrogen) atoms. The van der Waals surface area contributed by atoms with Crippen molar-refractivity contribution in [2.45, 2.75) is 57.2 Å². The monoisotopic (exact) mass is 340 g/mol. The summed E-state index contributed by atoms with van der Waals surface area (Å²) >= 11 is 1.40. The van der Waals surface area contributed by atoms with Crippen molar-refractivity contribution in [3.8, 4) is 0 Å². The van der Waals surface area contributed by atoms with E-state index >= 15 is 0 Å². The van der Waals surface area contributed by atoms with Crippen molar-refractivity contribution >= 4 is 23.6 Å². The number of hydrogen-bond donors (Lipinski definition) is 2. The predicted molar refractivity (Wildman–Crippen MR) is 88.0 cm³/mol. The highest BCUT2D eigenvalue weighted by molar-refractivity contribution is 7.99. The second-order valence-electron chi connectivity index (χ2n) is 6.67. The van der Waals surface area contributed by atoms with E-state index in [0.717, 1.165) is 12.8 Å². The molecule has 1 aromatic heterocycles. The minimum Gasteiger partial charge on any atom is -0.354 e. The zero-order chi connectivity index (χ0) is 16.9. The van der Waals surface area contributed by atoms with Gasteiger partial charge < -0.3 is 15.2 Å². The summed E-state index contributed by atoms with van der Waals surface area (Å²) in [6.07, 6.45) is 2.60. The minimum atomic E-state index is -0.414. The summed E-state index contributed by atoms with van der Waals surface area (Å²) in [4.78, 5) is 28.0. The molecule has 2 heterocycles. The highest BCUT2D eigenvalue weighted by Gasteiger charge is 2.23. The van der Waals surface area contributed by atoms with Gasteiger partial charge in [0.1, 0.15) is 6.04 Å². The van der Waals surface area contributed by atoms with Crippen LogP contribution in [0.5, 0.6) is 0 Å². The Morgan fingerprint density at radius 2 is 2.22 bits per heavy atom. The third-order valence-electron chi connectivity index (χ3n) is 3.44. The molecule has 0 unspecified atom stereocenters. The summed E-state index contributed by atoms with van der Waals surface area (Å²) in [6, 6.07) is -0.414. The second-order valence-corrected chi connectivity index (χ2v) is 7.65. The average Bonchev–Trinajstić information content (AvgIpc) is 2.86. The second kappa shape index (κ2) is 7.81. The van der Waals surface area contributed by atoms with Crippen LogP contribution in [0.15, 0.2) is 4.52 Å². The standard InChI is InChI=1S/C15H24N4O3S/c1-15(2,3)14-18-11(19-22-14)8-23-9-12(20)17-10-6-4-5-7-16-13(10)21/h10H,4-9H2,1-3H3,(H,16,21)(H,17,20)/t10-/m0/s1. The van der Waals surface area contributed by atoms with Crippen LogP contribution in [0.4, 0.5) is 0 Å². The fourth-order valence-corrected chi connectivity index (χ4v) is 2.84. The Balaban J connectivity index is 1.74. The SMILES string of the molecule is CC(C)(C)c1nc(CSCC(=O)N[C@H]2CCCCNC2=O)no1.